The smallest absolute Gasteiger partial charge is 0.0646 e. The lowest BCUT2D eigenvalue weighted by Gasteiger charge is -2.00. The number of rotatable bonds is 4. The first-order valence-corrected chi connectivity index (χ1v) is 7.31. The van der Waals surface area contributed by atoms with Crippen molar-refractivity contribution in [3.8, 4) is 5.69 Å². The fourth-order valence-corrected chi connectivity index (χ4v) is 2.10. The summed E-state index contributed by atoms with van der Waals surface area (Å²) in [5, 5.41) is 9.85. The Hall–Kier alpha value is -2.30. The third kappa shape index (κ3) is 3.67. The Morgan fingerprint density at radius 3 is 2.27 bits per heavy atom. The summed E-state index contributed by atoms with van der Waals surface area (Å²) in [6, 6.07) is 14.8. The molecule has 1 N–H and O–H groups in total. The molecule has 0 fully saturated rings. The van der Waals surface area contributed by atoms with Crippen LogP contribution in [0.2, 0.25) is 10.0 Å². The van der Waals surface area contributed by atoms with Gasteiger partial charge in [-0.3, -0.25) is 5.43 Å². The molecule has 0 atom stereocenters. The Balaban J connectivity index is 1.67. The van der Waals surface area contributed by atoms with Crippen molar-refractivity contribution in [3.63, 3.8) is 0 Å². The topological polar surface area (TPSA) is 42.2 Å². The van der Waals surface area contributed by atoms with E-state index in [9.17, 15) is 0 Å². The molecule has 0 amide bonds. The van der Waals surface area contributed by atoms with Gasteiger partial charge in [-0.05, 0) is 48.5 Å². The second-order valence-corrected chi connectivity index (χ2v) is 5.44. The first-order valence-electron chi connectivity index (χ1n) is 6.56. The Morgan fingerprint density at radius 2 is 1.59 bits per heavy atom. The zero-order valence-corrected chi connectivity index (χ0v) is 13.0. The molecule has 4 nitrogen and oxygen atoms in total. The van der Waals surface area contributed by atoms with E-state index in [0.29, 0.717) is 10.0 Å². The predicted molar refractivity (Wildman–Crippen MR) is 91.2 cm³/mol. The highest BCUT2D eigenvalue weighted by atomic mass is 35.5. The summed E-state index contributed by atoms with van der Waals surface area (Å²) in [5.74, 6) is 0. The van der Waals surface area contributed by atoms with Gasteiger partial charge in [-0.25, -0.2) is 4.68 Å². The van der Waals surface area contributed by atoms with E-state index in [-0.39, 0.29) is 0 Å². The van der Waals surface area contributed by atoms with Crippen molar-refractivity contribution in [1.82, 2.24) is 9.78 Å². The van der Waals surface area contributed by atoms with Crippen molar-refractivity contribution < 1.29 is 0 Å². The molecule has 1 heterocycles. The molecule has 0 bridgehead atoms. The molecule has 0 radical (unpaired) electrons. The lowest BCUT2D eigenvalue weighted by atomic mass is 10.3. The number of halogens is 2. The van der Waals surface area contributed by atoms with Gasteiger partial charge in [0.1, 0.15) is 0 Å². The van der Waals surface area contributed by atoms with Gasteiger partial charge in [-0.15, -0.1) is 0 Å². The molecular formula is C16H12Cl2N4. The zero-order valence-electron chi connectivity index (χ0n) is 11.4. The predicted octanol–water partition coefficient (Wildman–Crippen LogP) is 4.63. The van der Waals surface area contributed by atoms with Crippen molar-refractivity contribution >= 4 is 35.1 Å². The van der Waals surface area contributed by atoms with Crippen LogP contribution >= 0.6 is 23.2 Å². The molecule has 110 valence electrons. The highest BCUT2D eigenvalue weighted by Gasteiger charge is 1.99. The summed E-state index contributed by atoms with van der Waals surface area (Å²) < 4.78 is 1.76. The number of nitrogens with one attached hydrogen (secondary N) is 1. The minimum Gasteiger partial charge on any atom is -0.279 e. The van der Waals surface area contributed by atoms with Crippen LogP contribution in [-0.4, -0.2) is 16.0 Å². The maximum atomic E-state index is 5.87. The number of anilines is 1. The minimum atomic E-state index is 0.693. The van der Waals surface area contributed by atoms with Gasteiger partial charge in [-0.1, -0.05) is 23.2 Å². The summed E-state index contributed by atoms with van der Waals surface area (Å²) in [4.78, 5) is 0. The Labute approximate surface area is 138 Å². The minimum absolute atomic E-state index is 0.693. The molecule has 1 aromatic heterocycles. The fourth-order valence-electron chi connectivity index (χ4n) is 1.84. The normalized spacial score (nSPS) is 11.0. The molecule has 0 saturated heterocycles. The van der Waals surface area contributed by atoms with Gasteiger partial charge in [0.05, 0.1) is 23.8 Å². The lowest BCUT2D eigenvalue weighted by molar-refractivity contribution is 0.880. The van der Waals surface area contributed by atoms with E-state index >= 15 is 0 Å². The van der Waals surface area contributed by atoms with Crippen LogP contribution in [0.5, 0.6) is 0 Å². The van der Waals surface area contributed by atoms with E-state index in [1.807, 2.05) is 42.6 Å². The number of aromatic nitrogens is 2. The molecule has 3 aromatic rings. The molecule has 22 heavy (non-hydrogen) atoms. The largest absolute Gasteiger partial charge is 0.279 e. The molecule has 0 aliphatic heterocycles. The maximum Gasteiger partial charge on any atom is 0.0646 e. The second-order valence-electron chi connectivity index (χ2n) is 4.57. The molecule has 0 spiro atoms. The summed E-state index contributed by atoms with van der Waals surface area (Å²) in [6.45, 7) is 0. The van der Waals surface area contributed by atoms with E-state index in [2.05, 4.69) is 15.6 Å². The molecule has 2 aromatic carbocycles. The Morgan fingerprint density at radius 1 is 0.955 bits per heavy atom. The van der Waals surface area contributed by atoms with Crippen LogP contribution in [0.3, 0.4) is 0 Å². The average molecular weight is 331 g/mol. The quantitative estimate of drug-likeness (QED) is 0.560. The van der Waals surface area contributed by atoms with Gasteiger partial charge in [0.25, 0.3) is 0 Å². The molecule has 0 aliphatic rings. The van der Waals surface area contributed by atoms with Crippen molar-refractivity contribution in [2.45, 2.75) is 0 Å². The Kier molecular flexibility index (Phi) is 4.42. The van der Waals surface area contributed by atoms with Crippen LogP contribution in [0.15, 0.2) is 66.0 Å². The fraction of sp³-hybridized carbons (Fsp3) is 0. The van der Waals surface area contributed by atoms with E-state index in [4.69, 9.17) is 23.2 Å². The summed E-state index contributed by atoms with van der Waals surface area (Å²) in [5.41, 5.74) is 5.62. The monoisotopic (exact) mass is 330 g/mol. The second kappa shape index (κ2) is 6.64. The third-order valence-electron chi connectivity index (χ3n) is 2.95. The number of hydrogen-bond acceptors (Lipinski definition) is 3. The Bertz CT molecular complexity index is 777. The molecule has 3 rings (SSSR count). The average Bonchev–Trinajstić information content (AvgIpc) is 2.99. The van der Waals surface area contributed by atoms with Gasteiger partial charge in [0.15, 0.2) is 0 Å². The highest BCUT2D eigenvalue weighted by Crippen LogP contribution is 2.14. The summed E-state index contributed by atoms with van der Waals surface area (Å²) in [6.07, 6.45) is 5.33. The molecule has 0 aliphatic carbocycles. The first-order chi connectivity index (χ1) is 10.7. The van der Waals surface area contributed by atoms with Crippen LogP contribution in [0, 0.1) is 0 Å². The van der Waals surface area contributed by atoms with Gasteiger partial charge >= 0.3 is 0 Å². The van der Waals surface area contributed by atoms with Gasteiger partial charge in [0, 0.05) is 21.8 Å². The van der Waals surface area contributed by atoms with E-state index < -0.39 is 0 Å². The van der Waals surface area contributed by atoms with Crippen LogP contribution in [-0.2, 0) is 0 Å². The van der Waals surface area contributed by atoms with Crippen LogP contribution in [0.25, 0.3) is 5.69 Å². The van der Waals surface area contributed by atoms with Gasteiger partial charge in [-0.2, -0.15) is 10.2 Å². The van der Waals surface area contributed by atoms with Crippen LogP contribution in [0.4, 0.5) is 5.69 Å². The van der Waals surface area contributed by atoms with Crippen LogP contribution < -0.4 is 5.43 Å². The highest BCUT2D eigenvalue weighted by molar-refractivity contribution is 6.30. The number of benzene rings is 2. The van der Waals surface area contributed by atoms with E-state index in [0.717, 1.165) is 16.9 Å². The van der Waals surface area contributed by atoms with E-state index in [1.165, 1.54) is 0 Å². The third-order valence-corrected chi connectivity index (χ3v) is 3.45. The maximum absolute atomic E-state index is 5.87. The molecule has 6 heteroatoms. The van der Waals surface area contributed by atoms with Gasteiger partial charge in [0.2, 0.25) is 0 Å². The van der Waals surface area contributed by atoms with Crippen molar-refractivity contribution in [2.24, 2.45) is 5.10 Å². The summed E-state index contributed by atoms with van der Waals surface area (Å²) >= 11 is 11.7. The number of hydrazone groups is 1. The van der Waals surface area contributed by atoms with Gasteiger partial charge < -0.3 is 0 Å². The van der Waals surface area contributed by atoms with E-state index in [1.54, 1.807) is 29.2 Å². The zero-order chi connectivity index (χ0) is 15.4. The molecule has 0 unspecified atom stereocenters. The van der Waals surface area contributed by atoms with Crippen molar-refractivity contribution in [2.75, 3.05) is 5.43 Å². The van der Waals surface area contributed by atoms with Crippen molar-refractivity contribution in [3.05, 3.63) is 76.5 Å². The first kappa shape index (κ1) is 14.6. The molecule has 0 saturated carbocycles. The van der Waals surface area contributed by atoms with Crippen molar-refractivity contribution in [1.29, 1.82) is 0 Å². The van der Waals surface area contributed by atoms with Crippen LogP contribution in [0.1, 0.15) is 5.56 Å². The standard InChI is InChI=1S/C16H12Cl2N4/c17-13-1-5-15(6-2-13)21-19-9-12-10-20-22(11-12)16-7-3-14(18)4-8-16/h1-11,21H/b19-9+. The SMILES string of the molecule is Clc1ccc(N/N=C/c2cnn(-c3ccc(Cl)cc3)c2)cc1. The number of hydrogen-bond donors (Lipinski definition) is 1. The number of nitrogens with zero attached hydrogens (tertiary/aromatic N) is 3. The summed E-state index contributed by atoms with van der Waals surface area (Å²) in [7, 11) is 0. The molecular weight excluding hydrogens is 319 g/mol. The lowest BCUT2D eigenvalue weighted by Crippen LogP contribution is -1.93.